The third-order valence-electron chi connectivity index (χ3n) is 3.35. The van der Waals surface area contributed by atoms with Crippen molar-refractivity contribution in [3.8, 4) is 0 Å². The maximum atomic E-state index is 4.67. The first-order valence-electron chi connectivity index (χ1n) is 7.78. The second kappa shape index (κ2) is 11.3. The number of nitrogens with one attached hydrogen (secondary N) is 2. The molecule has 0 radical (unpaired) electrons. The molecule has 0 atom stereocenters. The molecule has 2 N–H and O–H groups in total. The van der Waals surface area contributed by atoms with Crippen molar-refractivity contribution < 1.29 is 0 Å². The van der Waals surface area contributed by atoms with E-state index in [1.165, 1.54) is 0 Å². The largest absolute Gasteiger partial charge is 0.357 e. The summed E-state index contributed by atoms with van der Waals surface area (Å²) in [7, 11) is 0. The van der Waals surface area contributed by atoms with Crippen LogP contribution in [0.2, 0.25) is 0 Å². The third kappa shape index (κ3) is 9.48. The van der Waals surface area contributed by atoms with E-state index in [4.69, 9.17) is 0 Å². The van der Waals surface area contributed by atoms with Gasteiger partial charge in [0, 0.05) is 17.8 Å². The standard InChI is InChI=1S/C15H34N4S/c1-7-16-14(18-13-15(4,5)20-6)17-11-10-12-19(8-2)9-3/h7-13H2,1-6H3,(H2,16,17,18). The molecule has 0 rings (SSSR count). The smallest absolute Gasteiger partial charge is 0.191 e. The zero-order valence-electron chi connectivity index (χ0n) is 14.3. The Morgan fingerprint density at radius 1 is 1.15 bits per heavy atom. The number of hydrogen-bond acceptors (Lipinski definition) is 3. The number of rotatable bonds is 10. The van der Waals surface area contributed by atoms with Gasteiger partial charge in [-0.1, -0.05) is 13.8 Å². The molecule has 0 aromatic heterocycles. The maximum absolute atomic E-state index is 4.67. The minimum Gasteiger partial charge on any atom is -0.357 e. The van der Waals surface area contributed by atoms with E-state index in [-0.39, 0.29) is 4.75 Å². The van der Waals surface area contributed by atoms with Gasteiger partial charge in [-0.25, -0.2) is 0 Å². The SMILES string of the molecule is CCNC(=NCC(C)(C)SC)NCCCN(CC)CC. The lowest BCUT2D eigenvalue weighted by atomic mass is 10.2. The lowest BCUT2D eigenvalue weighted by Gasteiger charge is -2.21. The van der Waals surface area contributed by atoms with Gasteiger partial charge in [-0.15, -0.1) is 0 Å². The second-order valence-corrected chi connectivity index (χ2v) is 6.98. The lowest BCUT2D eigenvalue weighted by molar-refractivity contribution is 0.300. The van der Waals surface area contributed by atoms with E-state index in [1.54, 1.807) is 0 Å². The van der Waals surface area contributed by atoms with E-state index in [9.17, 15) is 0 Å². The molecule has 120 valence electrons. The normalized spacial score (nSPS) is 12.8. The summed E-state index contributed by atoms with van der Waals surface area (Å²) < 4.78 is 0.198. The summed E-state index contributed by atoms with van der Waals surface area (Å²) in [6.45, 7) is 17.1. The van der Waals surface area contributed by atoms with Gasteiger partial charge in [-0.3, -0.25) is 4.99 Å². The van der Waals surface area contributed by atoms with Gasteiger partial charge in [-0.05, 0) is 53.1 Å². The van der Waals surface area contributed by atoms with Crippen LogP contribution in [0.3, 0.4) is 0 Å². The highest BCUT2D eigenvalue weighted by Gasteiger charge is 2.15. The third-order valence-corrected chi connectivity index (χ3v) is 4.59. The first-order chi connectivity index (χ1) is 9.49. The molecule has 0 saturated carbocycles. The van der Waals surface area contributed by atoms with Gasteiger partial charge in [0.1, 0.15) is 0 Å². The summed E-state index contributed by atoms with van der Waals surface area (Å²) in [4.78, 5) is 7.12. The van der Waals surface area contributed by atoms with Crippen molar-refractivity contribution in [3.05, 3.63) is 0 Å². The fourth-order valence-corrected chi connectivity index (χ4v) is 1.92. The maximum Gasteiger partial charge on any atom is 0.191 e. The van der Waals surface area contributed by atoms with E-state index >= 15 is 0 Å². The molecular formula is C15H34N4S. The van der Waals surface area contributed by atoms with E-state index in [1.807, 2.05) is 11.8 Å². The second-order valence-electron chi connectivity index (χ2n) is 5.47. The predicted molar refractivity (Wildman–Crippen MR) is 94.0 cm³/mol. The van der Waals surface area contributed by atoms with Crippen molar-refractivity contribution in [3.63, 3.8) is 0 Å². The van der Waals surface area contributed by atoms with Crippen LogP contribution in [0.4, 0.5) is 0 Å². The summed E-state index contributed by atoms with van der Waals surface area (Å²) >= 11 is 1.86. The van der Waals surface area contributed by atoms with Gasteiger partial charge < -0.3 is 15.5 Å². The zero-order chi connectivity index (χ0) is 15.4. The molecule has 0 fully saturated rings. The first-order valence-corrected chi connectivity index (χ1v) is 9.01. The number of nitrogens with zero attached hydrogens (tertiary/aromatic N) is 2. The van der Waals surface area contributed by atoms with E-state index in [0.717, 1.165) is 51.6 Å². The van der Waals surface area contributed by atoms with Crippen LogP contribution in [0, 0.1) is 0 Å². The van der Waals surface area contributed by atoms with Gasteiger partial charge in [-0.2, -0.15) is 11.8 Å². The van der Waals surface area contributed by atoms with Crippen LogP contribution >= 0.6 is 11.8 Å². The Balaban J connectivity index is 4.11. The highest BCUT2D eigenvalue weighted by molar-refractivity contribution is 7.99. The van der Waals surface area contributed by atoms with Crippen molar-refractivity contribution in [2.45, 2.75) is 45.8 Å². The minimum atomic E-state index is 0.198. The first kappa shape index (κ1) is 19.6. The molecule has 0 aliphatic carbocycles. The Labute approximate surface area is 130 Å². The van der Waals surface area contributed by atoms with Crippen LogP contribution in [0.5, 0.6) is 0 Å². The van der Waals surface area contributed by atoms with Crippen LogP contribution in [0.1, 0.15) is 41.0 Å². The van der Waals surface area contributed by atoms with E-state index in [0.29, 0.717) is 0 Å². The molecule has 0 bridgehead atoms. The van der Waals surface area contributed by atoms with E-state index < -0.39 is 0 Å². The molecule has 0 aromatic rings. The molecule has 0 aromatic carbocycles. The Morgan fingerprint density at radius 2 is 1.80 bits per heavy atom. The molecule has 0 aliphatic rings. The topological polar surface area (TPSA) is 39.7 Å². The summed E-state index contributed by atoms with van der Waals surface area (Å²) in [5, 5.41) is 6.74. The predicted octanol–water partition coefficient (Wildman–Crippen LogP) is 2.42. The summed E-state index contributed by atoms with van der Waals surface area (Å²) in [5.41, 5.74) is 0. The fourth-order valence-electron chi connectivity index (χ4n) is 1.73. The van der Waals surface area contributed by atoms with Crippen LogP contribution in [0.25, 0.3) is 0 Å². The molecule has 5 heteroatoms. The quantitative estimate of drug-likeness (QED) is 0.369. The number of hydrogen-bond donors (Lipinski definition) is 2. The highest BCUT2D eigenvalue weighted by Crippen LogP contribution is 2.20. The van der Waals surface area contributed by atoms with E-state index in [2.05, 4.69) is 61.4 Å². The van der Waals surface area contributed by atoms with Crippen LogP contribution in [-0.4, -0.2) is 61.1 Å². The van der Waals surface area contributed by atoms with Crippen molar-refractivity contribution in [1.29, 1.82) is 0 Å². The Morgan fingerprint density at radius 3 is 2.30 bits per heavy atom. The summed E-state index contributed by atoms with van der Waals surface area (Å²) in [6.07, 6.45) is 3.29. The molecular weight excluding hydrogens is 268 g/mol. The molecule has 0 aliphatic heterocycles. The molecule has 4 nitrogen and oxygen atoms in total. The van der Waals surface area contributed by atoms with Gasteiger partial charge >= 0.3 is 0 Å². The van der Waals surface area contributed by atoms with Crippen molar-refractivity contribution >= 4 is 17.7 Å². The fraction of sp³-hybridized carbons (Fsp3) is 0.933. The Bertz CT molecular complexity index is 263. The van der Waals surface area contributed by atoms with Gasteiger partial charge in [0.05, 0.1) is 6.54 Å². The monoisotopic (exact) mass is 302 g/mol. The molecule has 20 heavy (non-hydrogen) atoms. The molecule has 0 saturated heterocycles. The molecule has 0 amide bonds. The van der Waals surface area contributed by atoms with Crippen LogP contribution in [0.15, 0.2) is 4.99 Å². The number of guanidine groups is 1. The summed E-state index contributed by atoms with van der Waals surface area (Å²) in [5.74, 6) is 0.939. The Kier molecular flexibility index (Phi) is 11.0. The van der Waals surface area contributed by atoms with Crippen molar-refractivity contribution in [2.24, 2.45) is 4.99 Å². The van der Waals surface area contributed by atoms with Gasteiger partial charge in [0.15, 0.2) is 5.96 Å². The molecule has 0 heterocycles. The average Bonchev–Trinajstić information content (AvgIpc) is 2.45. The van der Waals surface area contributed by atoms with Gasteiger partial charge in [0.2, 0.25) is 0 Å². The number of thioether (sulfide) groups is 1. The highest BCUT2D eigenvalue weighted by atomic mass is 32.2. The zero-order valence-corrected chi connectivity index (χ0v) is 15.1. The summed E-state index contributed by atoms with van der Waals surface area (Å²) in [6, 6.07) is 0. The lowest BCUT2D eigenvalue weighted by Crippen LogP contribution is -2.39. The molecule has 0 spiro atoms. The molecule has 0 unspecified atom stereocenters. The minimum absolute atomic E-state index is 0.198. The van der Waals surface area contributed by atoms with Crippen LogP contribution < -0.4 is 10.6 Å². The van der Waals surface area contributed by atoms with Crippen molar-refractivity contribution in [1.82, 2.24) is 15.5 Å². The van der Waals surface area contributed by atoms with Crippen molar-refractivity contribution in [2.75, 3.05) is 45.5 Å². The van der Waals surface area contributed by atoms with Crippen LogP contribution in [-0.2, 0) is 0 Å². The van der Waals surface area contributed by atoms with Gasteiger partial charge in [0.25, 0.3) is 0 Å². The number of aliphatic imine (C=N–C) groups is 1. The average molecular weight is 303 g/mol. The Hall–Kier alpha value is -0.420.